The summed E-state index contributed by atoms with van der Waals surface area (Å²) in [6.45, 7) is 10.1. The second-order valence-corrected chi connectivity index (χ2v) is 12.8. The number of halogens is 3. The molecule has 2 aromatic carbocycles. The fourth-order valence-electron chi connectivity index (χ4n) is 5.43. The van der Waals surface area contributed by atoms with E-state index in [1.54, 1.807) is 50.2 Å². The van der Waals surface area contributed by atoms with Crippen LogP contribution >= 0.6 is 0 Å². The molecule has 1 aliphatic carbocycles. The van der Waals surface area contributed by atoms with Crippen LogP contribution in [0.1, 0.15) is 78.5 Å². The highest BCUT2D eigenvalue weighted by atomic mass is 19.4. The standard InChI is InChI=1S/C36H38F3N5O3/c1-23-9-11-27(20-26(23)12-10-25-8-6-7-24(2)32-30(19-25)40-22-41-32)33(45)42-28-13-14-31(29(21-28)36(37,38)39)43-15-17-44(18-16-43)34(46)47-35(3,4)5/h6,8-9,11,13-14,19-22,24H,7,15-18H2,1-5H3,(H,40,41)(H,42,45). The maximum absolute atomic E-state index is 14.2. The first kappa shape index (κ1) is 33.4. The van der Waals surface area contributed by atoms with Crippen molar-refractivity contribution >= 4 is 29.5 Å². The first-order valence-electron chi connectivity index (χ1n) is 15.5. The van der Waals surface area contributed by atoms with Gasteiger partial charge in [-0.25, -0.2) is 9.78 Å². The van der Waals surface area contributed by atoms with Crippen LogP contribution in [0.2, 0.25) is 0 Å². The summed E-state index contributed by atoms with van der Waals surface area (Å²) in [4.78, 5) is 36.3. The molecule has 0 spiro atoms. The maximum atomic E-state index is 14.2. The monoisotopic (exact) mass is 645 g/mol. The zero-order valence-electron chi connectivity index (χ0n) is 27.1. The van der Waals surface area contributed by atoms with Gasteiger partial charge in [0.2, 0.25) is 0 Å². The van der Waals surface area contributed by atoms with Crippen LogP contribution in [0.15, 0.2) is 60.5 Å². The third-order valence-electron chi connectivity index (χ3n) is 7.94. The molecule has 1 fully saturated rings. The zero-order valence-corrected chi connectivity index (χ0v) is 27.1. The number of carbonyl (C=O) groups excluding carboxylic acids is 2. The molecule has 246 valence electrons. The third kappa shape index (κ3) is 8.25. The molecule has 11 heteroatoms. The fourth-order valence-corrected chi connectivity index (χ4v) is 5.43. The van der Waals surface area contributed by atoms with E-state index in [1.807, 2.05) is 19.1 Å². The summed E-state index contributed by atoms with van der Waals surface area (Å²) >= 11 is 0. The molecular weight excluding hydrogens is 607 g/mol. The summed E-state index contributed by atoms with van der Waals surface area (Å²) in [6.07, 6.45) is 3.28. The SMILES string of the molecule is Cc1ccc(C(=O)Nc2ccc(N3CCN(C(=O)OC(C)(C)C)CC3)c(C(F)(F)F)c2)cc1C#CC1=Cc2nc[nH]c2C(C)CC=C1. The first-order chi connectivity index (χ1) is 22.2. The first-order valence-corrected chi connectivity index (χ1v) is 15.5. The molecule has 2 heterocycles. The number of hydrogen-bond acceptors (Lipinski definition) is 5. The Morgan fingerprint density at radius 2 is 1.79 bits per heavy atom. The topological polar surface area (TPSA) is 90.6 Å². The second-order valence-electron chi connectivity index (χ2n) is 12.8. The van der Waals surface area contributed by atoms with Crippen molar-refractivity contribution in [3.63, 3.8) is 0 Å². The van der Waals surface area contributed by atoms with Crippen molar-refractivity contribution in [1.82, 2.24) is 14.9 Å². The average Bonchev–Trinajstić information content (AvgIpc) is 3.46. The molecule has 0 bridgehead atoms. The van der Waals surface area contributed by atoms with E-state index in [9.17, 15) is 22.8 Å². The highest BCUT2D eigenvalue weighted by Crippen LogP contribution is 2.39. The van der Waals surface area contributed by atoms with Gasteiger partial charge in [-0.2, -0.15) is 13.2 Å². The number of benzene rings is 2. The number of carbonyl (C=O) groups is 2. The third-order valence-corrected chi connectivity index (χ3v) is 7.94. The highest BCUT2D eigenvalue weighted by molar-refractivity contribution is 6.04. The Bertz CT molecular complexity index is 1780. The number of alkyl halides is 3. The minimum atomic E-state index is -4.67. The minimum Gasteiger partial charge on any atom is -0.444 e. The number of fused-ring (bicyclic) bond motifs is 1. The number of amides is 2. The Morgan fingerprint density at radius 1 is 1.04 bits per heavy atom. The number of ether oxygens (including phenoxy) is 1. The summed E-state index contributed by atoms with van der Waals surface area (Å²) in [7, 11) is 0. The molecule has 2 amide bonds. The number of piperazine rings is 1. The van der Waals surface area contributed by atoms with Crippen molar-refractivity contribution in [3.05, 3.63) is 94.1 Å². The van der Waals surface area contributed by atoms with Crippen LogP contribution in [0.4, 0.5) is 29.3 Å². The maximum Gasteiger partial charge on any atom is 0.418 e. The van der Waals surface area contributed by atoms with Gasteiger partial charge in [0.25, 0.3) is 5.91 Å². The van der Waals surface area contributed by atoms with Gasteiger partial charge >= 0.3 is 12.3 Å². The molecule has 1 aromatic heterocycles. The summed E-state index contributed by atoms with van der Waals surface area (Å²) < 4.78 is 48.1. The lowest BCUT2D eigenvalue weighted by Gasteiger charge is -2.37. The molecule has 0 radical (unpaired) electrons. The van der Waals surface area contributed by atoms with E-state index >= 15 is 0 Å². The zero-order chi connectivity index (χ0) is 33.9. The van der Waals surface area contributed by atoms with E-state index in [4.69, 9.17) is 4.74 Å². The van der Waals surface area contributed by atoms with Crippen LogP contribution in [0.5, 0.6) is 0 Å². The number of nitrogens with one attached hydrogen (secondary N) is 2. The molecule has 0 saturated carbocycles. The van der Waals surface area contributed by atoms with Gasteiger partial charge in [-0.15, -0.1) is 0 Å². The normalized spacial score (nSPS) is 16.7. The molecule has 1 atom stereocenters. The van der Waals surface area contributed by atoms with Gasteiger partial charge in [-0.1, -0.05) is 37.0 Å². The Kier molecular flexibility index (Phi) is 9.52. The molecule has 1 unspecified atom stereocenters. The lowest BCUT2D eigenvalue weighted by atomic mass is 9.97. The molecule has 8 nitrogen and oxygen atoms in total. The average molecular weight is 646 g/mol. The van der Waals surface area contributed by atoms with Gasteiger partial charge < -0.3 is 24.8 Å². The van der Waals surface area contributed by atoms with Crippen molar-refractivity contribution in [3.8, 4) is 11.8 Å². The van der Waals surface area contributed by atoms with Gasteiger partial charge in [0.05, 0.1) is 17.6 Å². The van der Waals surface area contributed by atoms with Crippen molar-refractivity contribution in [2.24, 2.45) is 0 Å². The Hall–Kier alpha value is -4.98. The van der Waals surface area contributed by atoms with Crippen molar-refractivity contribution < 1.29 is 27.5 Å². The van der Waals surface area contributed by atoms with Crippen LogP contribution in [-0.4, -0.2) is 58.6 Å². The van der Waals surface area contributed by atoms with Gasteiger partial charge in [-0.3, -0.25) is 4.79 Å². The lowest BCUT2D eigenvalue weighted by molar-refractivity contribution is -0.137. The van der Waals surface area contributed by atoms with E-state index in [1.165, 1.54) is 17.0 Å². The molecule has 2 aliphatic rings. The van der Waals surface area contributed by atoms with Crippen molar-refractivity contribution in [2.45, 2.75) is 58.7 Å². The number of H-pyrrole nitrogens is 1. The number of aromatic amines is 1. The number of nitrogens with zero attached hydrogens (tertiary/aromatic N) is 3. The van der Waals surface area contributed by atoms with Gasteiger partial charge in [0.1, 0.15) is 5.60 Å². The van der Waals surface area contributed by atoms with Crippen LogP contribution in [0, 0.1) is 18.8 Å². The van der Waals surface area contributed by atoms with Gasteiger partial charge in [0, 0.05) is 65.9 Å². The Labute approximate surface area is 272 Å². The number of hydrogen-bond donors (Lipinski definition) is 2. The Balaban J connectivity index is 1.31. The van der Waals surface area contributed by atoms with E-state index in [-0.39, 0.29) is 43.1 Å². The predicted molar refractivity (Wildman–Crippen MR) is 176 cm³/mol. The smallest absolute Gasteiger partial charge is 0.418 e. The second kappa shape index (κ2) is 13.4. The Morgan fingerprint density at radius 3 is 2.49 bits per heavy atom. The molecule has 3 aromatic rings. The number of rotatable bonds is 3. The van der Waals surface area contributed by atoms with Crippen LogP contribution in [0.25, 0.3) is 6.08 Å². The summed E-state index contributed by atoms with van der Waals surface area (Å²) in [5.74, 6) is 6.06. The molecule has 5 rings (SSSR count). The lowest BCUT2D eigenvalue weighted by Crippen LogP contribution is -2.50. The quantitative estimate of drug-likeness (QED) is 0.287. The van der Waals surface area contributed by atoms with Crippen LogP contribution in [0.3, 0.4) is 0 Å². The van der Waals surface area contributed by atoms with Crippen molar-refractivity contribution in [2.75, 3.05) is 36.4 Å². The van der Waals surface area contributed by atoms with E-state index in [0.717, 1.165) is 35.0 Å². The van der Waals surface area contributed by atoms with E-state index < -0.39 is 29.3 Å². The molecule has 1 aliphatic heterocycles. The number of imidazole rings is 1. The van der Waals surface area contributed by atoms with Crippen LogP contribution in [-0.2, 0) is 10.9 Å². The summed E-state index contributed by atoms with van der Waals surface area (Å²) in [6, 6.07) is 8.77. The predicted octanol–water partition coefficient (Wildman–Crippen LogP) is 7.54. The fraction of sp³-hybridized carbons (Fsp3) is 0.361. The summed E-state index contributed by atoms with van der Waals surface area (Å²) in [5.41, 5.74) is 2.87. The van der Waals surface area contributed by atoms with Gasteiger partial charge in [0.15, 0.2) is 0 Å². The van der Waals surface area contributed by atoms with Gasteiger partial charge in [-0.05, 0) is 76.1 Å². The van der Waals surface area contributed by atoms with E-state index in [0.29, 0.717) is 11.5 Å². The van der Waals surface area contributed by atoms with E-state index in [2.05, 4.69) is 40.1 Å². The number of anilines is 2. The summed E-state index contributed by atoms with van der Waals surface area (Å²) in [5, 5.41) is 2.61. The molecule has 47 heavy (non-hydrogen) atoms. The minimum absolute atomic E-state index is 0.0128. The number of aromatic nitrogens is 2. The molecular formula is C36H38F3N5O3. The molecule has 1 saturated heterocycles. The van der Waals surface area contributed by atoms with Crippen molar-refractivity contribution in [1.29, 1.82) is 0 Å². The molecule has 2 N–H and O–H groups in total. The van der Waals surface area contributed by atoms with Crippen LogP contribution < -0.4 is 10.2 Å². The number of aryl methyl sites for hydroxylation is 1. The number of allylic oxidation sites excluding steroid dienone is 3. The highest BCUT2D eigenvalue weighted by Gasteiger charge is 2.36. The largest absolute Gasteiger partial charge is 0.444 e.